The number of fused-ring (bicyclic) bond motifs is 1. The number of ether oxygens (including phenoxy) is 2. The summed E-state index contributed by atoms with van der Waals surface area (Å²) in [5.74, 6) is -0.376. The van der Waals surface area contributed by atoms with Crippen LogP contribution in [0, 0.1) is 23.2 Å². The Labute approximate surface area is 182 Å². The van der Waals surface area contributed by atoms with Crippen LogP contribution in [-0.4, -0.2) is 31.6 Å². The van der Waals surface area contributed by atoms with Gasteiger partial charge in [-0.1, -0.05) is 31.0 Å². The van der Waals surface area contributed by atoms with E-state index in [1.165, 1.54) is 5.56 Å². The first-order valence-electron chi connectivity index (χ1n) is 10.9. The van der Waals surface area contributed by atoms with Gasteiger partial charge in [-0.05, 0) is 55.2 Å². The van der Waals surface area contributed by atoms with Crippen molar-refractivity contribution in [3.63, 3.8) is 0 Å². The van der Waals surface area contributed by atoms with E-state index in [1.54, 1.807) is 24.3 Å². The van der Waals surface area contributed by atoms with Crippen molar-refractivity contribution in [2.75, 3.05) is 24.7 Å². The van der Waals surface area contributed by atoms with Gasteiger partial charge < -0.3 is 14.4 Å². The second kappa shape index (κ2) is 9.65. The minimum atomic E-state index is -0.399. The number of hydrogen-bond acceptors (Lipinski definition) is 5. The van der Waals surface area contributed by atoms with Crippen LogP contribution < -0.4 is 9.64 Å². The fraction of sp³-hybridized carbons (Fsp3) is 0.400. The van der Waals surface area contributed by atoms with Crippen LogP contribution >= 0.6 is 0 Å². The third kappa shape index (κ3) is 4.72. The van der Waals surface area contributed by atoms with Crippen molar-refractivity contribution in [2.45, 2.75) is 32.1 Å². The highest BCUT2D eigenvalue weighted by atomic mass is 16.6. The molecule has 2 aromatic rings. The zero-order valence-corrected chi connectivity index (χ0v) is 17.5. The average Bonchev–Trinajstić information content (AvgIpc) is 3.26. The molecule has 0 saturated heterocycles. The summed E-state index contributed by atoms with van der Waals surface area (Å²) in [5.41, 5.74) is 2.72. The van der Waals surface area contributed by atoms with Crippen LogP contribution in [0.15, 0.2) is 48.5 Å². The zero-order chi connectivity index (χ0) is 21.6. The fourth-order valence-corrected chi connectivity index (χ4v) is 4.51. The van der Waals surface area contributed by atoms with Crippen molar-refractivity contribution in [3.8, 4) is 11.8 Å². The van der Waals surface area contributed by atoms with E-state index in [4.69, 9.17) is 14.7 Å². The summed E-state index contributed by atoms with van der Waals surface area (Å²) in [6, 6.07) is 16.8. The summed E-state index contributed by atoms with van der Waals surface area (Å²) >= 11 is 0. The number of rotatable bonds is 6. The summed E-state index contributed by atoms with van der Waals surface area (Å²) in [4.78, 5) is 27.9. The van der Waals surface area contributed by atoms with Gasteiger partial charge in [-0.15, -0.1) is 0 Å². The van der Waals surface area contributed by atoms with E-state index in [1.807, 2.05) is 23.1 Å². The van der Waals surface area contributed by atoms with Crippen molar-refractivity contribution in [1.29, 1.82) is 5.26 Å². The normalized spacial score (nSPS) is 19.9. The molecule has 1 saturated carbocycles. The topological polar surface area (TPSA) is 79.6 Å². The van der Waals surface area contributed by atoms with Crippen molar-refractivity contribution < 1.29 is 19.1 Å². The summed E-state index contributed by atoms with van der Waals surface area (Å²) in [7, 11) is 0. The molecule has 1 amide bonds. The Morgan fingerprint density at radius 3 is 2.52 bits per heavy atom. The summed E-state index contributed by atoms with van der Waals surface area (Å²) in [6.45, 7) is 1.03. The molecular weight excluding hydrogens is 392 g/mol. The Kier molecular flexibility index (Phi) is 6.51. The third-order valence-electron chi connectivity index (χ3n) is 6.12. The predicted octanol–water partition coefficient (Wildman–Crippen LogP) is 3.88. The predicted molar refractivity (Wildman–Crippen MR) is 116 cm³/mol. The maximum Gasteiger partial charge on any atom is 0.309 e. The third-order valence-corrected chi connectivity index (χ3v) is 6.12. The molecule has 1 aliphatic heterocycles. The maximum atomic E-state index is 13.3. The van der Waals surface area contributed by atoms with E-state index < -0.39 is 5.92 Å². The van der Waals surface area contributed by atoms with Gasteiger partial charge in [0.15, 0.2) is 0 Å². The quantitative estimate of drug-likeness (QED) is 0.525. The standard InChI is InChI=1S/C25H26N2O4/c26-17-18-9-11-20(12-10-18)30-15-16-31-25(29)22-7-3-2-6-21(22)24(28)27-14-13-19-5-1-4-8-23(19)27/h1,4-5,8-12,21-22H,2-3,6-7,13-16H2. The van der Waals surface area contributed by atoms with Crippen molar-refractivity contribution in [1.82, 2.24) is 0 Å². The number of nitrogens with zero attached hydrogens (tertiary/aromatic N) is 2. The lowest BCUT2D eigenvalue weighted by Crippen LogP contribution is -2.42. The Hall–Kier alpha value is -3.33. The molecule has 4 rings (SSSR count). The molecule has 1 heterocycles. The number of para-hydroxylation sites is 1. The van der Waals surface area contributed by atoms with Crippen LogP contribution in [0.3, 0.4) is 0 Å². The van der Waals surface area contributed by atoms with Gasteiger partial charge in [0, 0.05) is 12.2 Å². The lowest BCUT2D eigenvalue weighted by atomic mass is 9.78. The Morgan fingerprint density at radius 1 is 1.00 bits per heavy atom. The van der Waals surface area contributed by atoms with Crippen molar-refractivity contribution in [2.24, 2.45) is 11.8 Å². The molecular formula is C25H26N2O4. The molecule has 1 fully saturated rings. The Balaban J connectivity index is 1.32. The van der Waals surface area contributed by atoms with E-state index >= 15 is 0 Å². The number of hydrogen-bond donors (Lipinski definition) is 0. The molecule has 2 aromatic carbocycles. The highest BCUT2D eigenvalue weighted by molar-refractivity contribution is 5.99. The van der Waals surface area contributed by atoms with Gasteiger partial charge in [0.2, 0.25) is 5.91 Å². The average molecular weight is 418 g/mol. The zero-order valence-electron chi connectivity index (χ0n) is 17.5. The lowest BCUT2D eigenvalue weighted by Gasteiger charge is -2.32. The monoisotopic (exact) mass is 418 g/mol. The fourth-order valence-electron chi connectivity index (χ4n) is 4.51. The van der Waals surface area contributed by atoms with E-state index in [0.717, 1.165) is 31.4 Å². The highest BCUT2D eigenvalue weighted by Gasteiger charge is 2.40. The number of nitriles is 1. The van der Waals surface area contributed by atoms with Crippen LogP contribution in [0.2, 0.25) is 0 Å². The molecule has 0 spiro atoms. The number of carbonyl (C=O) groups is 2. The van der Waals surface area contributed by atoms with Crippen LogP contribution in [-0.2, 0) is 20.7 Å². The Bertz CT molecular complexity index is 980. The van der Waals surface area contributed by atoms with Crippen molar-refractivity contribution in [3.05, 3.63) is 59.7 Å². The second-order valence-corrected chi connectivity index (χ2v) is 8.02. The molecule has 0 aromatic heterocycles. The molecule has 6 nitrogen and oxygen atoms in total. The highest BCUT2D eigenvalue weighted by Crippen LogP contribution is 2.36. The summed E-state index contributed by atoms with van der Waals surface area (Å²) < 4.78 is 11.0. The molecule has 2 atom stereocenters. The largest absolute Gasteiger partial charge is 0.490 e. The van der Waals surface area contributed by atoms with Gasteiger partial charge in [-0.3, -0.25) is 9.59 Å². The molecule has 160 valence electrons. The number of benzene rings is 2. The van der Waals surface area contributed by atoms with Crippen LogP contribution in [0.4, 0.5) is 5.69 Å². The summed E-state index contributed by atoms with van der Waals surface area (Å²) in [6.07, 6.45) is 4.15. The van der Waals surface area contributed by atoms with Gasteiger partial charge >= 0.3 is 5.97 Å². The Morgan fingerprint density at radius 2 is 1.74 bits per heavy atom. The number of anilines is 1. The molecule has 1 aliphatic carbocycles. The first kappa shape index (κ1) is 20.9. The minimum absolute atomic E-state index is 0.0421. The van der Waals surface area contributed by atoms with Gasteiger partial charge in [0.1, 0.15) is 19.0 Å². The molecule has 31 heavy (non-hydrogen) atoms. The van der Waals surface area contributed by atoms with Crippen LogP contribution in [0.1, 0.15) is 36.8 Å². The first-order chi connectivity index (χ1) is 15.2. The SMILES string of the molecule is N#Cc1ccc(OCCOC(=O)C2CCCCC2C(=O)N2CCc3ccccc32)cc1. The molecule has 0 N–H and O–H groups in total. The van der Waals surface area contributed by atoms with E-state index in [9.17, 15) is 9.59 Å². The van der Waals surface area contributed by atoms with Crippen LogP contribution in [0.5, 0.6) is 5.75 Å². The molecule has 2 unspecified atom stereocenters. The molecule has 6 heteroatoms. The molecule has 2 aliphatic rings. The number of amides is 1. The summed E-state index contributed by atoms with van der Waals surface area (Å²) in [5, 5.41) is 8.83. The van der Waals surface area contributed by atoms with E-state index in [-0.39, 0.29) is 31.0 Å². The van der Waals surface area contributed by atoms with Crippen molar-refractivity contribution >= 4 is 17.6 Å². The van der Waals surface area contributed by atoms with E-state index in [2.05, 4.69) is 12.1 Å². The number of esters is 1. The smallest absolute Gasteiger partial charge is 0.309 e. The lowest BCUT2D eigenvalue weighted by molar-refractivity contribution is -0.155. The van der Waals surface area contributed by atoms with Gasteiger partial charge in [0.25, 0.3) is 0 Å². The molecule has 0 bridgehead atoms. The van der Waals surface area contributed by atoms with Gasteiger partial charge in [-0.25, -0.2) is 0 Å². The van der Waals surface area contributed by atoms with Gasteiger partial charge in [0.05, 0.1) is 23.5 Å². The maximum absolute atomic E-state index is 13.3. The van der Waals surface area contributed by atoms with Crippen LogP contribution in [0.25, 0.3) is 0 Å². The first-order valence-corrected chi connectivity index (χ1v) is 10.9. The molecule has 0 radical (unpaired) electrons. The van der Waals surface area contributed by atoms with E-state index in [0.29, 0.717) is 24.3 Å². The van der Waals surface area contributed by atoms with Gasteiger partial charge in [-0.2, -0.15) is 5.26 Å². The number of carbonyl (C=O) groups excluding carboxylic acids is 2. The minimum Gasteiger partial charge on any atom is -0.490 e. The second-order valence-electron chi connectivity index (χ2n) is 8.02.